The van der Waals surface area contributed by atoms with E-state index in [2.05, 4.69) is 10.4 Å². The van der Waals surface area contributed by atoms with Crippen LogP contribution in [-0.2, 0) is 11.3 Å². The van der Waals surface area contributed by atoms with Gasteiger partial charge in [-0.2, -0.15) is 0 Å². The van der Waals surface area contributed by atoms with Crippen molar-refractivity contribution in [2.75, 3.05) is 6.61 Å². The number of amides is 1. The van der Waals surface area contributed by atoms with Crippen molar-refractivity contribution in [1.82, 2.24) is 10.4 Å². The summed E-state index contributed by atoms with van der Waals surface area (Å²) in [6, 6.07) is 1.55. The van der Waals surface area contributed by atoms with Gasteiger partial charge in [0.05, 0.1) is 17.7 Å². The molecule has 0 aliphatic heterocycles. The maximum Gasteiger partial charge on any atom is 0.309 e. The third kappa shape index (κ3) is 5.01. The van der Waals surface area contributed by atoms with Crippen LogP contribution in [0.5, 0.6) is 0 Å². The average Bonchev–Trinajstić information content (AvgIpc) is 2.36. The van der Waals surface area contributed by atoms with Gasteiger partial charge < -0.3 is 15.5 Å². The molecule has 1 rings (SSSR count). The second-order valence-corrected chi connectivity index (χ2v) is 4.82. The fourth-order valence-electron chi connectivity index (χ4n) is 1.28. The van der Waals surface area contributed by atoms with Crippen LogP contribution in [0.15, 0.2) is 18.5 Å². The SMILES string of the molecule is CC(C)(CO)NC(=O)c1cc[n+](CCC(=O)O)nc1. The Morgan fingerprint density at radius 3 is 2.63 bits per heavy atom. The molecular weight excluding hydrogens is 250 g/mol. The second kappa shape index (κ2) is 6.24. The van der Waals surface area contributed by atoms with Crippen LogP contribution in [0.4, 0.5) is 0 Å². The van der Waals surface area contributed by atoms with Gasteiger partial charge in [-0.1, -0.05) is 4.68 Å². The number of aliphatic carboxylic acids is 1. The molecule has 0 spiro atoms. The summed E-state index contributed by atoms with van der Waals surface area (Å²) in [6.07, 6.45) is 2.88. The lowest BCUT2D eigenvalue weighted by molar-refractivity contribution is -0.753. The van der Waals surface area contributed by atoms with Gasteiger partial charge >= 0.3 is 5.97 Å². The molecule has 0 saturated heterocycles. The van der Waals surface area contributed by atoms with E-state index in [1.165, 1.54) is 10.9 Å². The predicted molar refractivity (Wildman–Crippen MR) is 65.3 cm³/mol. The molecule has 0 atom stereocenters. The molecule has 0 aromatic carbocycles. The molecule has 0 unspecified atom stereocenters. The first-order chi connectivity index (χ1) is 8.84. The van der Waals surface area contributed by atoms with Gasteiger partial charge in [0, 0.05) is 6.07 Å². The molecule has 1 amide bonds. The lowest BCUT2D eigenvalue weighted by atomic mass is 10.1. The van der Waals surface area contributed by atoms with Crippen molar-refractivity contribution in [3.05, 3.63) is 24.0 Å². The number of nitrogens with zero attached hydrogens (tertiary/aromatic N) is 2. The number of hydrogen-bond donors (Lipinski definition) is 3. The van der Waals surface area contributed by atoms with Crippen molar-refractivity contribution < 1.29 is 24.5 Å². The molecular formula is C12H18N3O4+. The molecule has 1 aromatic rings. The highest BCUT2D eigenvalue weighted by molar-refractivity contribution is 5.94. The molecule has 0 fully saturated rings. The van der Waals surface area contributed by atoms with Crippen LogP contribution in [0.3, 0.4) is 0 Å². The zero-order valence-electron chi connectivity index (χ0n) is 11.0. The summed E-state index contributed by atoms with van der Waals surface area (Å²) in [6.45, 7) is 3.49. The molecule has 0 saturated carbocycles. The number of carbonyl (C=O) groups excluding carboxylic acids is 1. The van der Waals surface area contributed by atoms with E-state index >= 15 is 0 Å². The average molecular weight is 268 g/mol. The Labute approximate surface area is 110 Å². The number of carboxylic acid groups (broad SMARTS) is 1. The third-order valence-electron chi connectivity index (χ3n) is 2.44. The highest BCUT2D eigenvalue weighted by Gasteiger charge is 2.20. The molecule has 0 radical (unpaired) electrons. The van der Waals surface area contributed by atoms with Crippen molar-refractivity contribution >= 4 is 11.9 Å². The van der Waals surface area contributed by atoms with E-state index in [4.69, 9.17) is 10.2 Å². The molecule has 1 aromatic heterocycles. The number of nitrogens with one attached hydrogen (secondary N) is 1. The number of carbonyl (C=O) groups is 2. The van der Waals surface area contributed by atoms with Crippen LogP contribution in [-0.4, -0.2) is 39.3 Å². The van der Waals surface area contributed by atoms with Crippen LogP contribution >= 0.6 is 0 Å². The smallest absolute Gasteiger partial charge is 0.309 e. The van der Waals surface area contributed by atoms with E-state index in [1.807, 2.05) is 0 Å². The minimum atomic E-state index is -0.902. The Kier molecular flexibility index (Phi) is 4.94. The topological polar surface area (TPSA) is 103 Å². The van der Waals surface area contributed by atoms with Gasteiger partial charge in [0.1, 0.15) is 12.6 Å². The maximum absolute atomic E-state index is 11.8. The van der Waals surface area contributed by atoms with Gasteiger partial charge in [-0.3, -0.25) is 9.59 Å². The highest BCUT2D eigenvalue weighted by Crippen LogP contribution is 2.03. The molecule has 0 aliphatic carbocycles. The number of carboxylic acids is 1. The van der Waals surface area contributed by atoms with Crippen molar-refractivity contribution in [3.63, 3.8) is 0 Å². The van der Waals surface area contributed by atoms with Crippen LogP contribution < -0.4 is 10.00 Å². The summed E-state index contributed by atoms with van der Waals surface area (Å²) >= 11 is 0. The zero-order chi connectivity index (χ0) is 14.5. The molecule has 0 aliphatic rings. The normalized spacial score (nSPS) is 11.1. The van der Waals surface area contributed by atoms with Crippen molar-refractivity contribution in [2.24, 2.45) is 0 Å². The summed E-state index contributed by atoms with van der Waals surface area (Å²) in [4.78, 5) is 22.2. The van der Waals surface area contributed by atoms with E-state index in [1.54, 1.807) is 26.1 Å². The molecule has 0 bridgehead atoms. The van der Waals surface area contributed by atoms with E-state index < -0.39 is 11.5 Å². The molecule has 19 heavy (non-hydrogen) atoms. The molecule has 1 heterocycles. The lowest BCUT2D eigenvalue weighted by Gasteiger charge is -2.23. The van der Waals surface area contributed by atoms with E-state index in [0.29, 0.717) is 5.56 Å². The highest BCUT2D eigenvalue weighted by atomic mass is 16.4. The lowest BCUT2D eigenvalue weighted by Crippen LogP contribution is -2.46. The van der Waals surface area contributed by atoms with E-state index in [-0.39, 0.29) is 25.5 Å². The number of hydrogen-bond acceptors (Lipinski definition) is 4. The molecule has 104 valence electrons. The van der Waals surface area contributed by atoms with Crippen LogP contribution in [0.25, 0.3) is 0 Å². The first-order valence-corrected chi connectivity index (χ1v) is 5.85. The first-order valence-electron chi connectivity index (χ1n) is 5.85. The Hall–Kier alpha value is -2.02. The van der Waals surface area contributed by atoms with Gasteiger partial charge in [-0.25, -0.2) is 0 Å². The van der Waals surface area contributed by atoms with Crippen molar-refractivity contribution in [3.8, 4) is 0 Å². The van der Waals surface area contributed by atoms with Gasteiger partial charge in [0.25, 0.3) is 5.91 Å². The monoisotopic (exact) mass is 268 g/mol. The molecule has 7 nitrogen and oxygen atoms in total. The van der Waals surface area contributed by atoms with Gasteiger partial charge in [0.15, 0.2) is 12.7 Å². The Bertz CT molecular complexity index is 457. The van der Waals surface area contributed by atoms with Gasteiger partial charge in [-0.15, -0.1) is 0 Å². The summed E-state index contributed by atoms with van der Waals surface area (Å²) in [7, 11) is 0. The Morgan fingerprint density at radius 1 is 1.47 bits per heavy atom. The third-order valence-corrected chi connectivity index (χ3v) is 2.44. The van der Waals surface area contributed by atoms with Crippen LogP contribution in [0.2, 0.25) is 0 Å². The number of aliphatic hydroxyl groups is 1. The van der Waals surface area contributed by atoms with Crippen molar-refractivity contribution in [2.45, 2.75) is 32.4 Å². The fourth-order valence-corrected chi connectivity index (χ4v) is 1.28. The summed E-state index contributed by atoms with van der Waals surface area (Å²) in [5.74, 6) is -1.24. The Morgan fingerprint density at radius 2 is 2.16 bits per heavy atom. The number of rotatable bonds is 6. The summed E-state index contributed by atoms with van der Waals surface area (Å²) in [5, 5.41) is 24.2. The fraction of sp³-hybridized carbons (Fsp3) is 0.500. The molecule has 7 heteroatoms. The second-order valence-electron chi connectivity index (χ2n) is 4.82. The van der Waals surface area contributed by atoms with E-state index in [0.717, 1.165) is 0 Å². The number of aryl methyl sites for hydroxylation is 1. The van der Waals surface area contributed by atoms with Crippen LogP contribution in [0, 0.1) is 0 Å². The minimum absolute atomic E-state index is 0.0270. The van der Waals surface area contributed by atoms with Gasteiger partial charge in [-0.05, 0) is 18.9 Å². The largest absolute Gasteiger partial charge is 0.481 e. The predicted octanol–water partition coefficient (Wildman–Crippen LogP) is -0.655. The quantitative estimate of drug-likeness (QED) is 0.594. The zero-order valence-corrected chi connectivity index (χ0v) is 11.0. The summed E-state index contributed by atoms with van der Waals surface area (Å²) in [5.41, 5.74) is -0.347. The van der Waals surface area contributed by atoms with E-state index in [9.17, 15) is 9.59 Å². The van der Waals surface area contributed by atoms with Crippen molar-refractivity contribution in [1.29, 1.82) is 0 Å². The standard InChI is InChI=1S/C12H17N3O4/c1-12(2,8-16)14-11(19)9-3-5-15(13-7-9)6-4-10(17)18/h3,5,7,16H,4,6,8H2,1-2H3,(H-,14,17,18,19)/p+1. The number of aromatic nitrogens is 2. The van der Waals surface area contributed by atoms with Gasteiger partial charge in [0.2, 0.25) is 0 Å². The van der Waals surface area contributed by atoms with Crippen LogP contribution in [0.1, 0.15) is 30.6 Å². The summed E-state index contributed by atoms with van der Waals surface area (Å²) < 4.78 is 1.45. The molecule has 3 N–H and O–H groups in total. The maximum atomic E-state index is 11.8. The number of aliphatic hydroxyl groups excluding tert-OH is 1. The minimum Gasteiger partial charge on any atom is -0.481 e. The first kappa shape index (κ1) is 15.0. The Balaban J connectivity index is 2.65.